The van der Waals surface area contributed by atoms with Crippen LogP contribution in [0, 0.1) is 0 Å². The number of rotatable bonds is 4. The van der Waals surface area contributed by atoms with Gasteiger partial charge >= 0.3 is 5.97 Å². The molecule has 1 aromatic rings. The summed E-state index contributed by atoms with van der Waals surface area (Å²) in [6.07, 6.45) is 0.111. The van der Waals surface area contributed by atoms with Crippen molar-refractivity contribution in [3.63, 3.8) is 0 Å². The Balaban J connectivity index is 2.75. The van der Waals surface area contributed by atoms with Crippen LogP contribution in [-0.4, -0.2) is 28.4 Å². The molecule has 0 heterocycles. The normalized spacial score (nSPS) is 14.2. The molecule has 0 bridgehead atoms. The van der Waals surface area contributed by atoms with Gasteiger partial charge in [0.05, 0.1) is 6.61 Å². The Hall–Kier alpha value is -1.55. The number of esters is 1. The average Bonchev–Trinajstić information content (AvgIpc) is 2.17. The molecule has 16 heavy (non-hydrogen) atoms. The molecule has 0 unspecified atom stereocenters. The molecule has 1 rings (SSSR count). The molecular weight excluding hydrogens is 208 g/mol. The lowest BCUT2D eigenvalue weighted by molar-refractivity contribution is -0.163. The third-order valence-electron chi connectivity index (χ3n) is 2.17. The van der Waals surface area contributed by atoms with E-state index in [2.05, 4.69) is 0 Å². The molecule has 88 valence electrons. The van der Waals surface area contributed by atoms with E-state index in [1.807, 2.05) is 0 Å². The Labute approximate surface area is 94.5 Å². The summed E-state index contributed by atoms with van der Waals surface area (Å²) in [5, 5.41) is 19.2. The first-order valence-electron chi connectivity index (χ1n) is 5.13. The monoisotopic (exact) mass is 224 g/mol. The summed E-state index contributed by atoms with van der Waals surface area (Å²) in [5.41, 5.74) is -0.887. The highest BCUT2D eigenvalue weighted by atomic mass is 16.5. The smallest absolute Gasteiger partial charge is 0.338 e. The van der Waals surface area contributed by atoms with Crippen LogP contribution in [0.4, 0.5) is 0 Å². The number of phenolic OH excluding ortho intramolecular Hbond substituents is 1. The van der Waals surface area contributed by atoms with E-state index in [-0.39, 0.29) is 18.8 Å². The van der Waals surface area contributed by atoms with Crippen LogP contribution in [0.5, 0.6) is 5.75 Å². The lowest BCUT2D eigenvalue weighted by Crippen LogP contribution is -2.39. The number of aliphatic hydroxyl groups is 1. The molecule has 0 fully saturated rings. The first-order chi connectivity index (χ1) is 7.45. The zero-order valence-electron chi connectivity index (χ0n) is 9.43. The van der Waals surface area contributed by atoms with Gasteiger partial charge in [0, 0.05) is 6.42 Å². The number of carbonyl (C=O) groups is 1. The van der Waals surface area contributed by atoms with Crippen molar-refractivity contribution >= 4 is 5.97 Å². The third-order valence-corrected chi connectivity index (χ3v) is 2.17. The van der Waals surface area contributed by atoms with Gasteiger partial charge < -0.3 is 14.9 Å². The molecule has 2 N–H and O–H groups in total. The predicted molar refractivity (Wildman–Crippen MR) is 59.1 cm³/mol. The maximum atomic E-state index is 11.4. The van der Waals surface area contributed by atoms with E-state index in [9.17, 15) is 15.0 Å². The Morgan fingerprint density at radius 1 is 1.50 bits per heavy atom. The molecule has 4 nitrogen and oxygen atoms in total. The van der Waals surface area contributed by atoms with Crippen LogP contribution in [0.2, 0.25) is 0 Å². The van der Waals surface area contributed by atoms with Crippen molar-refractivity contribution in [3.8, 4) is 5.75 Å². The van der Waals surface area contributed by atoms with Gasteiger partial charge in [-0.05, 0) is 31.5 Å². The lowest BCUT2D eigenvalue weighted by Gasteiger charge is -2.20. The van der Waals surface area contributed by atoms with Crippen LogP contribution >= 0.6 is 0 Å². The second-order valence-electron chi connectivity index (χ2n) is 3.84. The summed E-state index contributed by atoms with van der Waals surface area (Å²) in [7, 11) is 0. The summed E-state index contributed by atoms with van der Waals surface area (Å²) in [6.45, 7) is 3.31. The Bertz CT molecular complexity index is 371. The van der Waals surface area contributed by atoms with Crippen LogP contribution in [0.25, 0.3) is 0 Å². The van der Waals surface area contributed by atoms with Crippen LogP contribution in [0.15, 0.2) is 24.3 Å². The number of hydrogen-bond acceptors (Lipinski definition) is 4. The maximum absolute atomic E-state index is 11.4. The molecule has 0 radical (unpaired) electrons. The summed E-state index contributed by atoms with van der Waals surface area (Å²) < 4.78 is 4.76. The molecule has 0 aliphatic heterocycles. The zero-order chi connectivity index (χ0) is 12.2. The summed E-state index contributed by atoms with van der Waals surface area (Å²) in [6, 6.07) is 6.43. The van der Waals surface area contributed by atoms with Gasteiger partial charge in [-0.1, -0.05) is 12.1 Å². The van der Waals surface area contributed by atoms with Crippen LogP contribution in [0.1, 0.15) is 19.4 Å². The molecule has 0 aliphatic carbocycles. The van der Waals surface area contributed by atoms with Gasteiger partial charge in [-0.2, -0.15) is 0 Å². The van der Waals surface area contributed by atoms with E-state index >= 15 is 0 Å². The molecule has 0 spiro atoms. The first-order valence-corrected chi connectivity index (χ1v) is 5.13. The van der Waals surface area contributed by atoms with Crippen molar-refractivity contribution in [1.29, 1.82) is 0 Å². The Morgan fingerprint density at radius 2 is 2.19 bits per heavy atom. The second-order valence-corrected chi connectivity index (χ2v) is 3.84. The third kappa shape index (κ3) is 3.24. The van der Waals surface area contributed by atoms with E-state index in [0.717, 1.165) is 0 Å². The number of hydrogen-bond donors (Lipinski definition) is 2. The van der Waals surface area contributed by atoms with Gasteiger partial charge in [0.2, 0.25) is 0 Å². The molecule has 1 aromatic carbocycles. The highest BCUT2D eigenvalue weighted by molar-refractivity contribution is 5.79. The SMILES string of the molecule is CCOC(=O)[C@](C)(O)Cc1cccc(O)c1. The van der Waals surface area contributed by atoms with Gasteiger partial charge in [0.1, 0.15) is 5.75 Å². The lowest BCUT2D eigenvalue weighted by atomic mass is 9.96. The van der Waals surface area contributed by atoms with Gasteiger partial charge in [0.25, 0.3) is 0 Å². The topological polar surface area (TPSA) is 66.8 Å². The largest absolute Gasteiger partial charge is 0.508 e. The Kier molecular flexibility index (Phi) is 3.90. The van der Waals surface area contributed by atoms with Crippen LogP contribution in [-0.2, 0) is 16.0 Å². The summed E-state index contributed by atoms with van der Waals surface area (Å²) in [4.78, 5) is 11.4. The second kappa shape index (κ2) is 4.99. The fourth-order valence-corrected chi connectivity index (χ4v) is 1.42. The quantitative estimate of drug-likeness (QED) is 0.755. The number of phenols is 1. The minimum absolute atomic E-state index is 0.108. The maximum Gasteiger partial charge on any atom is 0.338 e. The van der Waals surface area contributed by atoms with E-state index in [4.69, 9.17) is 4.74 Å². The standard InChI is InChI=1S/C12H16O4/c1-3-16-11(14)12(2,15)8-9-5-4-6-10(13)7-9/h4-7,13,15H,3,8H2,1-2H3/t12-/m1/s1. The Morgan fingerprint density at radius 3 is 2.75 bits per heavy atom. The molecule has 0 saturated heterocycles. The number of carbonyl (C=O) groups excluding carboxylic acids is 1. The first kappa shape index (κ1) is 12.5. The van der Waals surface area contributed by atoms with Gasteiger partial charge in [-0.25, -0.2) is 4.79 Å². The van der Waals surface area contributed by atoms with Gasteiger partial charge in [0.15, 0.2) is 5.60 Å². The van der Waals surface area contributed by atoms with E-state index < -0.39 is 11.6 Å². The molecule has 0 aromatic heterocycles. The van der Waals surface area contributed by atoms with Crippen molar-refractivity contribution in [2.24, 2.45) is 0 Å². The van der Waals surface area contributed by atoms with Gasteiger partial charge in [-0.15, -0.1) is 0 Å². The molecule has 0 aliphatic rings. The van der Waals surface area contributed by atoms with Crippen molar-refractivity contribution in [1.82, 2.24) is 0 Å². The van der Waals surface area contributed by atoms with Crippen LogP contribution in [0.3, 0.4) is 0 Å². The molecule has 0 saturated carbocycles. The minimum atomic E-state index is -1.57. The molecule has 1 atom stereocenters. The highest BCUT2D eigenvalue weighted by Gasteiger charge is 2.32. The van der Waals surface area contributed by atoms with Gasteiger partial charge in [-0.3, -0.25) is 0 Å². The summed E-state index contributed by atoms with van der Waals surface area (Å²) >= 11 is 0. The van der Waals surface area contributed by atoms with Crippen molar-refractivity contribution in [2.45, 2.75) is 25.9 Å². The van der Waals surface area contributed by atoms with E-state index in [1.54, 1.807) is 19.1 Å². The minimum Gasteiger partial charge on any atom is -0.508 e. The number of benzene rings is 1. The highest BCUT2D eigenvalue weighted by Crippen LogP contribution is 2.18. The number of ether oxygens (including phenoxy) is 1. The molecular formula is C12H16O4. The zero-order valence-corrected chi connectivity index (χ0v) is 9.43. The van der Waals surface area contributed by atoms with E-state index in [0.29, 0.717) is 5.56 Å². The van der Waals surface area contributed by atoms with Crippen LogP contribution < -0.4 is 0 Å². The van der Waals surface area contributed by atoms with Crippen molar-refractivity contribution in [3.05, 3.63) is 29.8 Å². The fourth-order valence-electron chi connectivity index (χ4n) is 1.42. The van der Waals surface area contributed by atoms with E-state index in [1.165, 1.54) is 19.1 Å². The van der Waals surface area contributed by atoms with Crippen molar-refractivity contribution < 1.29 is 19.7 Å². The number of aromatic hydroxyl groups is 1. The predicted octanol–water partition coefficient (Wildman–Crippen LogP) is 1.25. The molecule has 4 heteroatoms. The molecule has 0 amide bonds. The summed E-state index contributed by atoms with van der Waals surface area (Å²) in [5.74, 6) is -0.546. The fraction of sp³-hybridized carbons (Fsp3) is 0.417. The van der Waals surface area contributed by atoms with Crippen molar-refractivity contribution in [2.75, 3.05) is 6.61 Å². The average molecular weight is 224 g/mol.